The number of nitrogens with zero attached hydrogens (tertiary/aromatic N) is 1. The summed E-state index contributed by atoms with van der Waals surface area (Å²) < 4.78 is 47.2. The Morgan fingerprint density at radius 1 is 1.09 bits per heavy atom. The van der Waals surface area contributed by atoms with Crippen molar-refractivity contribution in [3.05, 3.63) is 76.6 Å². The summed E-state index contributed by atoms with van der Waals surface area (Å²) in [6.07, 6.45) is -3.26. The number of halogens is 4. The van der Waals surface area contributed by atoms with Crippen LogP contribution in [0.25, 0.3) is 0 Å². The fourth-order valence-electron chi connectivity index (χ4n) is 2.61. The van der Waals surface area contributed by atoms with Crippen molar-refractivity contribution in [1.82, 2.24) is 4.98 Å². The lowest BCUT2D eigenvalue weighted by atomic mass is 10.1. The van der Waals surface area contributed by atoms with Crippen molar-refractivity contribution in [3.63, 3.8) is 0 Å². The number of benzene rings is 2. The third-order valence-electron chi connectivity index (χ3n) is 4.20. The Balaban J connectivity index is 1.79. The minimum absolute atomic E-state index is 0.00288. The van der Waals surface area contributed by atoms with Crippen molar-refractivity contribution in [2.75, 3.05) is 11.9 Å². The molecule has 0 aliphatic carbocycles. The number of anilines is 1. The highest BCUT2D eigenvalue weighted by Crippen LogP contribution is 2.32. The second kappa shape index (κ2) is 9.78. The van der Waals surface area contributed by atoms with Gasteiger partial charge in [0.2, 0.25) is 0 Å². The molecule has 0 aliphatic heterocycles. The van der Waals surface area contributed by atoms with Crippen molar-refractivity contribution < 1.29 is 37.3 Å². The predicted octanol–water partition coefficient (Wildman–Crippen LogP) is 5.73. The average Bonchev–Trinajstić information content (AvgIpc) is 2.75. The molecule has 0 fully saturated rings. The quantitative estimate of drug-likeness (QED) is 0.448. The number of aromatic nitrogens is 1. The average molecular weight is 481 g/mol. The van der Waals surface area contributed by atoms with Gasteiger partial charge in [0.05, 0.1) is 17.4 Å². The first-order valence-corrected chi connectivity index (χ1v) is 9.68. The summed E-state index contributed by atoms with van der Waals surface area (Å²) in [5.74, 6) is -1.44. The molecule has 172 valence electrons. The summed E-state index contributed by atoms with van der Waals surface area (Å²) in [5, 5.41) is 11.8. The van der Waals surface area contributed by atoms with Gasteiger partial charge >= 0.3 is 12.1 Å². The van der Waals surface area contributed by atoms with Gasteiger partial charge in [0.15, 0.2) is 6.61 Å². The van der Waals surface area contributed by atoms with Crippen LogP contribution in [0.1, 0.15) is 26.4 Å². The number of carboxylic acids is 1. The molecule has 7 nitrogen and oxygen atoms in total. The Hall–Kier alpha value is -3.79. The van der Waals surface area contributed by atoms with E-state index in [0.29, 0.717) is 10.6 Å². The predicted molar refractivity (Wildman–Crippen MR) is 113 cm³/mol. The fourth-order valence-corrected chi connectivity index (χ4v) is 2.77. The van der Waals surface area contributed by atoms with Crippen LogP contribution in [0.2, 0.25) is 5.02 Å². The van der Waals surface area contributed by atoms with E-state index in [0.717, 1.165) is 0 Å². The molecule has 11 heteroatoms. The monoisotopic (exact) mass is 480 g/mol. The second-order valence-electron chi connectivity index (χ2n) is 6.77. The van der Waals surface area contributed by atoms with Crippen LogP contribution in [-0.2, 0) is 0 Å². The number of alkyl halides is 3. The topological polar surface area (TPSA) is 97.8 Å². The van der Waals surface area contributed by atoms with E-state index in [1.165, 1.54) is 54.7 Å². The number of pyridine rings is 1. The van der Waals surface area contributed by atoms with Crippen molar-refractivity contribution in [2.45, 2.75) is 13.1 Å². The summed E-state index contributed by atoms with van der Waals surface area (Å²) in [6, 6.07) is 10.9. The van der Waals surface area contributed by atoms with Crippen molar-refractivity contribution in [3.8, 4) is 17.2 Å². The third-order valence-corrected chi connectivity index (χ3v) is 4.61. The van der Waals surface area contributed by atoms with E-state index in [-0.39, 0.29) is 34.2 Å². The van der Waals surface area contributed by atoms with Gasteiger partial charge in [0.25, 0.3) is 5.91 Å². The van der Waals surface area contributed by atoms with Crippen LogP contribution >= 0.6 is 11.6 Å². The van der Waals surface area contributed by atoms with E-state index in [9.17, 15) is 22.8 Å². The smallest absolute Gasteiger partial charge is 0.422 e. The number of hydrogen-bond acceptors (Lipinski definition) is 5. The third kappa shape index (κ3) is 6.59. The van der Waals surface area contributed by atoms with Crippen LogP contribution in [0.5, 0.6) is 17.2 Å². The van der Waals surface area contributed by atoms with E-state index in [4.69, 9.17) is 21.4 Å². The number of rotatable bonds is 7. The molecule has 0 spiro atoms. The summed E-state index contributed by atoms with van der Waals surface area (Å²) in [4.78, 5) is 27.5. The molecule has 0 bridgehead atoms. The number of carbonyl (C=O) groups is 2. The molecule has 0 saturated heterocycles. The van der Waals surface area contributed by atoms with E-state index in [1.807, 2.05) is 0 Å². The number of aromatic carboxylic acids is 1. The van der Waals surface area contributed by atoms with Gasteiger partial charge in [-0.05, 0) is 55.0 Å². The minimum atomic E-state index is -4.46. The van der Waals surface area contributed by atoms with Crippen molar-refractivity contribution >= 4 is 29.2 Å². The Labute approximate surface area is 190 Å². The molecular formula is C22H16ClF3N2O5. The van der Waals surface area contributed by atoms with Gasteiger partial charge in [0, 0.05) is 11.1 Å². The maximum atomic E-state index is 12.8. The number of carbonyl (C=O) groups excluding carboxylic acids is 1. The lowest BCUT2D eigenvalue weighted by molar-refractivity contribution is -0.153. The highest BCUT2D eigenvalue weighted by Gasteiger charge is 2.28. The van der Waals surface area contributed by atoms with Crippen LogP contribution < -0.4 is 14.8 Å². The lowest BCUT2D eigenvalue weighted by Gasteiger charge is -2.14. The van der Waals surface area contributed by atoms with Crippen LogP contribution in [0.15, 0.2) is 54.7 Å². The van der Waals surface area contributed by atoms with E-state index in [1.54, 1.807) is 6.92 Å². The highest BCUT2D eigenvalue weighted by atomic mass is 35.5. The summed E-state index contributed by atoms with van der Waals surface area (Å²) in [7, 11) is 0. The molecule has 3 rings (SSSR count). The standard InChI is InChI=1S/C22H16ClF3N2O5/c1-12-8-16(20(29)28-13-2-7-18(21(30)31)27-10-13)19(9-17(12)23)33-15-5-3-14(4-6-15)32-11-22(24,25)26/h2-10H,11H2,1H3,(H,28,29)(H,30,31). The number of ether oxygens (including phenoxy) is 2. The van der Waals surface area contributed by atoms with Crippen LogP contribution in [0.3, 0.4) is 0 Å². The number of nitrogens with one attached hydrogen (secondary N) is 1. The van der Waals surface area contributed by atoms with Gasteiger partial charge in [-0.1, -0.05) is 11.6 Å². The second-order valence-corrected chi connectivity index (χ2v) is 7.17. The van der Waals surface area contributed by atoms with Gasteiger partial charge in [0.1, 0.15) is 22.9 Å². The Morgan fingerprint density at radius 2 is 1.76 bits per heavy atom. The molecule has 3 aromatic rings. The zero-order valence-corrected chi connectivity index (χ0v) is 17.7. The van der Waals surface area contributed by atoms with Crippen LogP contribution in [0, 0.1) is 6.92 Å². The van der Waals surface area contributed by atoms with E-state index < -0.39 is 24.7 Å². The molecule has 1 amide bonds. The van der Waals surface area contributed by atoms with Crippen LogP contribution in [-0.4, -0.2) is 34.8 Å². The van der Waals surface area contributed by atoms with E-state index >= 15 is 0 Å². The highest BCUT2D eigenvalue weighted by molar-refractivity contribution is 6.31. The molecular weight excluding hydrogens is 465 g/mol. The molecule has 0 atom stereocenters. The zero-order chi connectivity index (χ0) is 24.2. The number of carboxylic acid groups (broad SMARTS) is 1. The number of aryl methyl sites for hydroxylation is 1. The molecule has 0 aliphatic rings. The maximum absolute atomic E-state index is 12.8. The van der Waals surface area contributed by atoms with Gasteiger partial charge in [-0.25, -0.2) is 9.78 Å². The Bertz CT molecular complexity index is 1170. The van der Waals surface area contributed by atoms with Gasteiger partial charge in [-0.2, -0.15) is 13.2 Å². The maximum Gasteiger partial charge on any atom is 0.422 e. The lowest BCUT2D eigenvalue weighted by Crippen LogP contribution is -2.19. The molecule has 33 heavy (non-hydrogen) atoms. The molecule has 2 N–H and O–H groups in total. The largest absolute Gasteiger partial charge is 0.484 e. The Morgan fingerprint density at radius 3 is 2.33 bits per heavy atom. The van der Waals surface area contributed by atoms with Crippen molar-refractivity contribution in [1.29, 1.82) is 0 Å². The molecule has 0 unspecified atom stereocenters. The van der Waals surface area contributed by atoms with Crippen molar-refractivity contribution in [2.24, 2.45) is 0 Å². The minimum Gasteiger partial charge on any atom is -0.484 e. The van der Waals surface area contributed by atoms with E-state index in [2.05, 4.69) is 15.0 Å². The summed E-state index contributed by atoms with van der Waals surface area (Å²) >= 11 is 6.17. The fraction of sp³-hybridized carbons (Fsp3) is 0.136. The SMILES string of the molecule is Cc1cc(C(=O)Nc2ccc(C(=O)O)nc2)c(Oc2ccc(OCC(F)(F)F)cc2)cc1Cl. The first-order valence-electron chi connectivity index (χ1n) is 9.30. The Kier molecular flexibility index (Phi) is 7.07. The molecule has 2 aromatic carbocycles. The zero-order valence-electron chi connectivity index (χ0n) is 16.9. The van der Waals surface area contributed by atoms with Gasteiger partial charge in [-0.15, -0.1) is 0 Å². The summed E-state index contributed by atoms with van der Waals surface area (Å²) in [5.41, 5.74) is 0.803. The van der Waals surface area contributed by atoms with Gasteiger partial charge in [-0.3, -0.25) is 4.79 Å². The normalized spacial score (nSPS) is 11.1. The van der Waals surface area contributed by atoms with Gasteiger partial charge < -0.3 is 19.9 Å². The number of amides is 1. The molecule has 1 heterocycles. The molecule has 1 aromatic heterocycles. The summed E-state index contributed by atoms with van der Waals surface area (Å²) in [6.45, 7) is 0.270. The van der Waals surface area contributed by atoms with Crippen LogP contribution in [0.4, 0.5) is 18.9 Å². The molecule has 0 saturated carbocycles. The number of hydrogen-bond donors (Lipinski definition) is 2. The first kappa shape index (κ1) is 23.9. The molecule has 0 radical (unpaired) electrons. The first-order chi connectivity index (χ1) is 15.5.